The van der Waals surface area contributed by atoms with E-state index < -0.39 is 10.0 Å². The molecular weight excluding hydrogens is 518 g/mol. The minimum atomic E-state index is -3.62. The second-order valence-electron chi connectivity index (χ2n) is 7.68. The Morgan fingerprint density at radius 2 is 1.81 bits per heavy atom. The molecule has 1 aliphatic rings. The van der Waals surface area contributed by atoms with Crippen LogP contribution in [0.25, 0.3) is 0 Å². The highest BCUT2D eigenvalue weighted by Crippen LogP contribution is 2.30. The lowest BCUT2D eigenvalue weighted by atomic mass is 10.0. The first-order valence-corrected chi connectivity index (χ1v) is 13.4. The molecule has 31 heavy (non-hydrogen) atoms. The molecule has 0 saturated carbocycles. The zero-order valence-corrected chi connectivity index (χ0v) is 21.3. The molecule has 3 aromatic rings. The van der Waals surface area contributed by atoms with Crippen LogP contribution in [-0.2, 0) is 16.4 Å². The topological polar surface area (TPSA) is 53.5 Å². The minimum Gasteiger partial charge on any atom is -0.345 e. The van der Waals surface area contributed by atoms with Crippen LogP contribution < -0.4 is 4.90 Å². The lowest BCUT2D eigenvalue weighted by molar-refractivity contribution is 0.384. The highest BCUT2D eigenvalue weighted by Gasteiger charge is 2.30. The SMILES string of the molecule is Cc1ccc(Cc2csc(N3CCN(S(=O)(=O)c4ccc(Br)cc4Cl)CC3)n2)cc1C. The summed E-state index contributed by atoms with van der Waals surface area (Å²) in [4.78, 5) is 7.11. The van der Waals surface area contributed by atoms with E-state index in [0.29, 0.717) is 26.2 Å². The standard InChI is InChI=1S/C22H23BrClN3O2S2/c1-15-3-4-17(11-16(15)2)12-19-14-30-22(25-19)26-7-9-27(10-8-26)31(28,29)21-6-5-18(23)13-20(21)24/h3-6,11,13-14H,7-10,12H2,1-2H3. The van der Waals surface area contributed by atoms with Gasteiger partial charge in [-0.2, -0.15) is 4.31 Å². The smallest absolute Gasteiger partial charge is 0.244 e. The number of piperazine rings is 1. The van der Waals surface area contributed by atoms with Gasteiger partial charge in [0.25, 0.3) is 0 Å². The zero-order chi connectivity index (χ0) is 22.2. The van der Waals surface area contributed by atoms with Crippen molar-refractivity contribution in [2.45, 2.75) is 25.2 Å². The van der Waals surface area contributed by atoms with Gasteiger partial charge < -0.3 is 4.90 Å². The van der Waals surface area contributed by atoms with Crippen molar-refractivity contribution in [1.29, 1.82) is 0 Å². The molecular formula is C22H23BrClN3O2S2. The molecule has 0 bridgehead atoms. The summed E-state index contributed by atoms with van der Waals surface area (Å²) in [6.07, 6.45) is 0.800. The Balaban J connectivity index is 1.41. The third-order valence-corrected chi connectivity index (χ3v) is 9.34. The average Bonchev–Trinajstić information content (AvgIpc) is 3.19. The van der Waals surface area contributed by atoms with Gasteiger partial charge in [0.1, 0.15) is 4.90 Å². The van der Waals surface area contributed by atoms with Crippen molar-refractivity contribution >= 4 is 54.0 Å². The summed E-state index contributed by atoms with van der Waals surface area (Å²) in [6, 6.07) is 11.4. The largest absolute Gasteiger partial charge is 0.345 e. The van der Waals surface area contributed by atoms with E-state index >= 15 is 0 Å². The predicted octanol–water partition coefficient (Wildman–Crippen LogP) is 5.28. The summed E-state index contributed by atoms with van der Waals surface area (Å²) in [5.41, 5.74) is 4.87. The minimum absolute atomic E-state index is 0.149. The predicted molar refractivity (Wildman–Crippen MR) is 131 cm³/mol. The number of benzene rings is 2. The molecule has 1 aromatic heterocycles. The third-order valence-electron chi connectivity index (χ3n) is 5.52. The molecule has 0 N–H and O–H groups in total. The number of aryl methyl sites for hydroxylation is 2. The molecule has 4 rings (SSSR count). The van der Waals surface area contributed by atoms with Crippen molar-refractivity contribution in [2.75, 3.05) is 31.1 Å². The van der Waals surface area contributed by atoms with E-state index in [9.17, 15) is 8.42 Å². The number of rotatable bonds is 5. The lowest BCUT2D eigenvalue weighted by Gasteiger charge is -2.34. The van der Waals surface area contributed by atoms with Gasteiger partial charge in [-0.15, -0.1) is 11.3 Å². The van der Waals surface area contributed by atoms with Gasteiger partial charge in [-0.25, -0.2) is 13.4 Å². The number of hydrogen-bond acceptors (Lipinski definition) is 5. The molecule has 0 amide bonds. The van der Waals surface area contributed by atoms with Crippen LogP contribution in [0.2, 0.25) is 5.02 Å². The van der Waals surface area contributed by atoms with Gasteiger partial charge in [0, 0.05) is 42.5 Å². The fourth-order valence-corrected chi connectivity index (χ4v) is 6.90. The third kappa shape index (κ3) is 4.98. The first-order chi connectivity index (χ1) is 14.7. The maximum atomic E-state index is 13.0. The van der Waals surface area contributed by atoms with Crippen LogP contribution in [-0.4, -0.2) is 43.9 Å². The van der Waals surface area contributed by atoms with Gasteiger partial charge >= 0.3 is 0 Å². The van der Waals surface area contributed by atoms with Crippen LogP contribution in [0.3, 0.4) is 0 Å². The van der Waals surface area contributed by atoms with E-state index in [2.05, 4.69) is 58.3 Å². The highest BCUT2D eigenvalue weighted by atomic mass is 79.9. The number of aromatic nitrogens is 1. The Kier molecular flexibility index (Phi) is 6.74. The molecule has 1 fully saturated rings. The molecule has 9 heteroatoms. The number of halogens is 2. The van der Waals surface area contributed by atoms with Crippen molar-refractivity contribution in [3.63, 3.8) is 0 Å². The molecule has 0 unspecified atom stereocenters. The molecule has 2 aromatic carbocycles. The lowest BCUT2D eigenvalue weighted by Crippen LogP contribution is -2.48. The monoisotopic (exact) mass is 539 g/mol. The van der Waals surface area contributed by atoms with Gasteiger partial charge in [-0.05, 0) is 48.7 Å². The fourth-order valence-electron chi connectivity index (χ4n) is 3.59. The maximum Gasteiger partial charge on any atom is 0.244 e. The average molecular weight is 541 g/mol. The van der Waals surface area contributed by atoms with Gasteiger partial charge in [-0.3, -0.25) is 0 Å². The Morgan fingerprint density at radius 3 is 2.48 bits per heavy atom. The highest BCUT2D eigenvalue weighted by molar-refractivity contribution is 9.10. The Hall–Kier alpha value is -1.45. The van der Waals surface area contributed by atoms with Crippen molar-refractivity contribution in [1.82, 2.24) is 9.29 Å². The summed E-state index contributed by atoms with van der Waals surface area (Å²) in [6.45, 7) is 6.25. The molecule has 2 heterocycles. The van der Waals surface area contributed by atoms with E-state index in [1.54, 1.807) is 29.5 Å². The second-order valence-corrected chi connectivity index (χ2v) is 11.7. The molecule has 0 radical (unpaired) electrons. The van der Waals surface area contributed by atoms with Crippen molar-refractivity contribution in [3.05, 3.63) is 73.7 Å². The quantitative estimate of drug-likeness (QED) is 0.442. The number of thiazole rings is 1. The van der Waals surface area contributed by atoms with E-state index in [0.717, 1.165) is 21.7 Å². The van der Waals surface area contributed by atoms with E-state index in [4.69, 9.17) is 16.6 Å². The normalized spacial score (nSPS) is 15.4. The van der Waals surface area contributed by atoms with Crippen LogP contribution in [0.15, 0.2) is 51.1 Å². The number of nitrogens with zero attached hydrogens (tertiary/aromatic N) is 3. The summed E-state index contributed by atoms with van der Waals surface area (Å²) >= 11 is 11.1. The first-order valence-electron chi connectivity index (χ1n) is 9.95. The molecule has 164 valence electrons. The fraction of sp³-hybridized carbons (Fsp3) is 0.318. The number of anilines is 1. The molecule has 1 aliphatic heterocycles. The van der Waals surface area contributed by atoms with Gasteiger partial charge in [0.2, 0.25) is 10.0 Å². The van der Waals surface area contributed by atoms with Crippen LogP contribution in [0.4, 0.5) is 5.13 Å². The Bertz CT molecular complexity index is 1210. The number of sulfonamides is 1. The molecule has 0 aliphatic carbocycles. The zero-order valence-electron chi connectivity index (χ0n) is 17.3. The van der Waals surface area contributed by atoms with E-state index in [1.165, 1.54) is 21.0 Å². The summed E-state index contributed by atoms with van der Waals surface area (Å²) in [5, 5.41) is 3.26. The van der Waals surface area contributed by atoms with Gasteiger partial charge in [-0.1, -0.05) is 45.7 Å². The molecule has 0 atom stereocenters. The maximum absolute atomic E-state index is 13.0. The molecule has 5 nitrogen and oxygen atoms in total. The van der Waals surface area contributed by atoms with Gasteiger partial charge in [0.05, 0.1) is 10.7 Å². The first kappa shape index (κ1) is 22.7. The second kappa shape index (κ2) is 9.19. The Labute approximate surface area is 200 Å². The number of hydrogen-bond donors (Lipinski definition) is 0. The van der Waals surface area contributed by atoms with Crippen LogP contribution in [0, 0.1) is 13.8 Å². The van der Waals surface area contributed by atoms with Crippen molar-refractivity contribution in [2.24, 2.45) is 0 Å². The molecule has 0 spiro atoms. The van der Waals surface area contributed by atoms with E-state index in [-0.39, 0.29) is 9.92 Å². The van der Waals surface area contributed by atoms with Gasteiger partial charge in [0.15, 0.2) is 5.13 Å². The Morgan fingerprint density at radius 1 is 1.06 bits per heavy atom. The van der Waals surface area contributed by atoms with Crippen LogP contribution in [0.5, 0.6) is 0 Å². The van der Waals surface area contributed by atoms with Crippen molar-refractivity contribution < 1.29 is 8.42 Å². The summed E-state index contributed by atoms with van der Waals surface area (Å²) < 4.78 is 28.3. The molecule has 1 saturated heterocycles. The van der Waals surface area contributed by atoms with Crippen LogP contribution >= 0.6 is 38.9 Å². The summed E-state index contributed by atoms with van der Waals surface area (Å²) in [7, 11) is -3.62. The van der Waals surface area contributed by atoms with Crippen LogP contribution in [0.1, 0.15) is 22.4 Å². The van der Waals surface area contributed by atoms with E-state index in [1.807, 2.05) is 0 Å². The summed E-state index contributed by atoms with van der Waals surface area (Å²) in [5.74, 6) is 0. The van der Waals surface area contributed by atoms with Crippen molar-refractivity contribution in [3.8, 4) is 0 Å².